The summed E-state index contributed by atoms with van der Waals surface area (Å²) in [5.41, 5.74) is 2.01. The second-order valence-electron chi connectivity index (χ2n) is 6.87. The van der Waals surface area contributed by atoms with Gasteiger partial charge in [0.1, 0.15) is 24.3 Å². The first kappa shape index (κ1) is 18.3. The number of aliphatic hydroxyl groups excluding tert-OH is 1. The molecule has 0 radical (unpaired) electrons. The van der Waals surface area contributed by atoms with Gasteiger partial charge in [0.2, 0.25) is 0 Å². The molecular formula is C21H23ClN2O3. The molecule has 0 spiro atoms. The van der Waals surface area contributed by atoms with E-state index in [0.717, 1.165) is 42.9 Å². The highest BCUT2D eigenvalue weighted by atomic mass is 35.5. The van der Waals surface area contributed by atoms with Crippen LogP contribution in [0.3, 0.4) is 0 Å². The number of aromatic nitrogens is 2. The number of benzene rings is 2. The summed E-state index contributed by atoms with van der Waals surface area (Å²) >= 11 is 5.89. The number of nitrogens with zero attached hydrogens (tertiary/aromatic N) is 2. The molecule has 2 heterocycles. The SMILES string of the molecule is OC(COc1ccc(Cl)cc1)Cn1c(C2CCOCC2)nc2ccccc21. The first-order chi connectivity index (χ1) is 13.2. The van der Waals surface area contributed by atoms with Crippen molar-refractivity contribution in [2.24, 2.45) is 0 Å². The number of imidazole rings is 1. The van der Waals surface area contributed by atoms with Crippen LogP contribution in [0, 0.1) is 0 Å². The number of hydrogen-bond acceptors (Lipinski definition) is 4. The summed E-state index contributed by atoms with van der Waals surface area (Å²) in [6.07, 6.45) is 1.28. The van der Waals surface area contributed by atoms with E-state index in [0.29, 0.717) is 23.2 Å². The Morgan fingerprint density at radius 1 is 1.15 bits per heavy atom. The average molecular weight is 387 g/mol. The molecule has 4 rings (SSSR count). The van der Waals surface area contributed by atoms with Crippen molar-refractivity contribution in [3.05, 3.63) is 59.4 Å². The summed E-state index contributed by atoms with van der Waals surface area (Å²) in [7, 11) is 0. The Hall–Kier alpha value is -2.08. The largest absolute Gasteiger partial charge is 0.491 e. The van der Waals surface area contributed by atoms with Gasteiger partial charge >= 0.3 is 0 Å². The smallest absolute Gasteiger partial charge is 0.119 e. The summed E-state index contributed by atoms with van der Waals surface area (Å²) in [4.78, 5) is 4.86. The monoisotopic (exact) mass is 386 g/mol. The molecule has 142 valence electrons. The molecular weight excluding hydrogens is 364 g/mol. The fourth-order valence-electron chi connectivity index (χ4n) is 3.54. The maximum absolute atomic E-state index is 10.6. The van der Waals surface area contributed by atoms with Gasteiger partial charge in [0.15, 0.2) is 0 Å². The third-order valence-electron chi connectivity index (χ3n) is 4.92. The number of fused-ring (bicyclic) bond motifs is 1. The molecule has 5 nitrogen and oxygen atoms in total. The molecule has 1 atom stereocenters. The van der Waals surface area contributed by atoms with Crippen molar-refractivity contribution < 1.29 is 14.6 Å². The minimum absolute atomic E-state index is 0.210. The molecule has 1 N–H and O–H groups in total. The minimum atomic E-state index is -0.642. The summed E-state index contributed by atoms with van der Waals surface area (Å²) in [5.74, 6) is 2.08. The van der Waals surface area contributed by atoms with Crippen molar-refractivity contribution in [1.29, 1.82) is 0 Å². The average Bonchev–Trinajstić information content (AvgIpc) is 3.07. The third kappa shape index (κ3) is 4.26. The van der Waals surface area contributed by atoms with Gasteiger partial charge in [0.25, 0.3) is 0 Å². The molecule has 1 aliphatic rings. The van der Waals surface area contributed by atoms with Crippen LogP contribution in [0.4, 0.5) is 0 Å². The van der Waals surface area contributed by atoms with Crippen molar-refractivity contribution in [2.75, 3.05) is 19.8 Å². The minimum Gasteiger partial charge on any atom is -0.491 e. The first-order valence-corrected chi connectivity index (χ1v) is 9.68. The van der Waals surface area contributed by atoms with Crippen molar-refractivity contribution in [1.82, 2.24) is 9.55 Å². The Morgan fingerprint density at radius 3 is 2.67 bits per heavy atom. The molecule has 27 heavy (non-hydrogen) atoms. The maximum Gasteiger partial charge on any atom is 0.119 e. The molecule has 6 heteroatoms. The number of para-hydroxylation sites is 2. The molecule has 2 aromatic carbocycles. The third-order valence-corrected chi connectivity index (χ3v) is 5.17. The zero-order chi connectivity index (χ0) is 18.6. The molecule has 1 fully saturated rings. The van der Waals surface area contributed by atoms with Crippen LogP contribution in [0.25, 0.3) is 11.0 Å². The summed E-state index contributed by atoms with van der Waals surface area (Å²) in [6, 6.07) is 15.2. The quantitative estimate of drug-likeness (QED) is 0.695. The molecule has 3 aromatic rings. The normalized spacial score (nSPS) is 16.5. The van der Waals surface area contributed by atoms with Crippen LogP contribution in [-0.2, 0) is 11.3 Å². The van der Waals surface area contributed by atoms with Crippen LogP contribution >= 0.6 is 11.6 Å². The fourth-order valence-corrected chi connectivity index (χ4v) is 3.67. The van der Waals surface area contributed by atoms with Gasteiger partial charge in [-0.1, -0.05) is 23.7 Å². The van der Waals surface area contributed by atoms with Gasteiger partial charge in [0.05, 0.1) is 17.6 Å². The van der Waals surface area contributed by atoms with E-state index >= 15 is 0 Å². The molecule has 0 amide bonds. The summed E-state index contributed by atoms with van der Waals surface area (Å²) in [5, 5.41) is 11.3. The van der Waals surface area contributed by atoms with E-state index in [4.69, 9.17) is 26.1 Å². The number of halogens is 1. The summed E-state index contributed by atoms with van der Waals surface area (Å²) in [6.45, 7) is 2.17. The van der Waals surface area contributed by atoms with Gasteiger partial charge in [-0.05, 0) is 49.2 Å². The molecule has 0 bridgehead atoms. The molecule has 1 unspecified atom stereocenters. The fraction of sp³-hybridized carbons (Fsp3) is 0.381. The van der Waals surface area contributed by atoms with Crippen LogP contribution in [-0.4, -0.2) is 40.6 Å². The summed E-state index contributed by atoms with van der Waals surface area (Å²) < 4.78 is 13.3. The van der Waals surface area contributed by atoms with Gasteiger partial charge in [-0.25, -0.2) is 4.98 Å². The van der Waals surface area contributed by atoms with E-state index in [1.54, 1.807) is 24.3 Å². The highest BCUT2D eigenvalue weighted by Gasteiger charge is 2.24. The van der Waals surface area contributed by atoms with Crippen molar-refractivity contribution in [3.8, 4) is 5.75 Å². The topological polar surface area (TPSA) is 56.5 Å². The van der Waals surface area contributed by atoms with E-state index in [1.807, 2.05) is 18.2 Å². The van der Waals surface area contributed by atoms with Gasteiger partial charge in [0, 0.05) is 24.2 Å². The number of rotatable bonds is 6. The molecule has 1 aromatic heterocycles. The Bertz CT molecular complexity index is 888. The first-order valence-electron chi connectivity index (χ1n) is 9.30. The lowest BCUT2D eigenvalue weighted by Crippen LogP contribution is -2.26. The van der Waals surface area contributed by atoms with Crippen molar-refractivity contribution in [3.63, 3.8) is 0 Å². The van der Waals surface area contributed by atoms with Crippen LogP contribution < -0.4 is 4.74 Å². The maximum atomic E-state index is 10.6. The second kappa shape index (κ2) is 8.30. The zero-order valence-electron chi connectivity index (χ0n) is 15.1. The van der Waals surface area contributed by atoms with Crippen LogP contribution in [0.15, 0.2) is 48.5 Å². The lowest BCUT2D eigenvalue weighted by molar-refractivity contribution is 0.0780. The second-order valence-corrected chi connectivity index (χ2v) is 7.31. The van der Waals surface area contributed by atoms with Crippen molar-refractivity contribution >= 4 is 22.6 Å². The van der Waals surface area contributed by atoms with E-state index < -0.39 is 6.10 Å². The predicted octanol–water partition coefficient (Wildman–Crippen LogP) is 4.02. The molecule has 0 saturated carbocycles. The van der Waals surface area contributed by atoms with Gasteiger partial charge in [-0.15, -0.1) is 0 Å². The lowest BCUT2D eigenvalue weighted by Gasteiger charge is -2.23. The molecule has 1 saturated heterocycles. The predicted molar refractivity (Wildman–Crippen MR) is 105 cm³/mol. The van der Waals surface area contributed by atoms with E-state index in [2.05, 4.69) is 10.6 Å². The highest BCUT2D eigenvalue weighted by Crippen LogP contribution is 2.29. The van der Waals surface area contributed by atoms with Gasteiger partial charge in [-0.2, -0.15) is 0 Å². The number of hydrogen-bond donors (Lipinski definition) is 1. The number of aliphatic hydroxyl groups is 1. The van der Waals surface area contributed by atoms with Crippen molar-refractivity contribution in [2.45, 2.75) is 31.4 Å². The Labute approximate surface area is 163 Å². The standard InChI is InChI=1S/C21H23ClN2O3/c22-16-5-7-18(8-6-16)27-14-17(25)13-24-20-4-2-1-3-19(20)23-21(24)15-9-11-26-12-10-15/h1-8,15,17,25H,9-14H2. The van der Waals surface area contributed by atoms with Gasteiger partial charge in [-0.3, -0.25) is 0 Å². The van der Waals surface area contributed by atoms with Crippen LogP contribution in [0.2, 0.25) is 5.02 Å². The van der Waals surface area contributed by atoms with E-state index in [1.165, 1.54) is 0 Å². The Balaban J connectivity index is 1.51. The van der Waals surface area contributed by atoms with Crippen LogP contribution in [0.1, 0.15) is 24.6 Å². The zero-order valence-corrected chi connectivity index (χ0v) is 15.8. The molecule has 0 aliphatic carbocycles. The van der Waals surface area contributed by atoms with Gasteiger partial charge < -0.3 is 19.1 Å². The number of ether oxygens (including phenoxy) is 2. The van der Waals surface area contributed by atoms with E-state index in [-0.39, 0.29) is 6.61 Å². The molecule has 1 aliphatic heterocycles. The van der Waals surface area contributed by atoms with E-state index in [9.17, 15) is 5.11 Å². The van der Waals surface area contributed by atoms with Crippen LogP contribution in [0.5, 0.6) is 5.75 Å². The Kier molecular flexibility index (Phi) is 5.62. The Morgan fingerprint density at radius 2 is 1.89 bits per heavy atom. The lowest BCUT2D eigenvalue weighted by atomic mass is 9.99. The highest BCUT2D eigenvalue weighted by molar-refractivity contribution is 6.30.